The van der Waals surface area contributed by atoms with E-state index in [1.165, 1.54) is 11.0 Å². The first-order valence-corrected chi connectivity index (χ1v) is 14.6. The Morgan fingerprint density at radius 2 is 1.64 bits per heavy atom. The summed E-state index contributed by atoms with van der Waals surface area (Å²) >= 11 is 0. The molecule has 42 heavy (non-hydrogen) atoms. The number of halogens is 1. The zero-order valence-corrected chi connectivity index (χ0v) is 24.1. The summed E-state index contributed by atoms with van der Waals surface area (Å²) in [6, 6.07) is 26.5. The number of hydrogen-bond acceptors (Lipinski definition) is 3. The highest BCUT2D eigenvalue weighted by Gasteiger charge is 2.33. The average Bonchev–Trinajstić information content (AvgIpc) is 3.28. The van der Waals surface area contributed by atoms with E-state index in [1.807, 2.05) is 80.6 Å². The van der Waals surface area contributed by atoms with Gasteiger partial charge in [0, 0.05) is 48.5 Å². The topological polar surface area (TPSA) is 69.7 Å². The van der Waals surface area contributed by atoms with Crippen LogP contribution in [0.4, 0.5) is 10.1 Å². The van der Waals surface area contributed by atoms with Gasteiger partial charge in [-0.1, -0.05) is 79.7 Å². The summed E-state index contributed by atoms with van der Waals surface area (Å²) in [5, 5.41) is 4.97. The number of hydrogen-bond donors (Lipinski definition) is 1. The van der Waals surface area contributed by atoms with E-state index in [9.17, 15) is 18.8 Å². The third-order valence-corrected chi connectivity index (χ3v) is 7.99. The largest absolute Gasteiger partial charge is 0.352 e. The number of carbonyl (C=O) groups is 3. The van der Waals surface area contributed by atoms with Gasteiger partial charge in [-0.05, 0) is 48.9 Å². The summed E-state index contributed by atoms with van der Waals surface area (Å²) in [6.07, 6.45) is 1.54. The van der Waals surface area contributed by atoms with Crippen LogP contribution in [0.1, 0.15) is 54.6 Å². The van der Waals surface area contributed by atoms with Crippen molar-refractivity contribution in [1.82, 2.24) is 10.2 Å². The lowest BCUT2D eigenvalue weighted by molar-refractivity contribution is -0.141. The van der Waals surface area contributed by atoms with Crippen LogP contribution in [-0.2, 0) is 22.6 Å². The van der Waals surface area contributed by atoms with E-state index in [0.717, 1.165) is 28.4 Å². The van der Waals surface area contributed by atoms with Crippen molar-refractivity contribution < 1.29 is 18.8 Å². The number of rotatable bonds is 12. The molecule has 0 radical (unpaired) electrons. The lowest BCUT2D eigenvalue weighted by Crippen LogP contribution is -2.52. The number of amides is 3. The molecule has 6 nitrogen and oxygen atoms in total. The molecule has 1 N–H and O–H groups in total. The SMILES string of the molecule is CCC(C)NC(=O)C(Cc1ccccc1)N(Cc1ccccc1F)C(=O)CCCN1C(=O)c2cccc3cccc1c23. The first kappa shape index (κ1) is 29.0. The van der Waals surface area contributed by atoms with E-state index in [4.69, 9.17) is 0 Å². The molecule has 0 aromatic heterocycles. The lowest BCUT2D eigenvalue weighted by atomic mass is 10.0. The number of anilines is 1. The minimum Gasteiger partial charge on any atom is -0.352 e. The molecule has 1 aliphatic heterocycles. The molecule has 0 fully saturated rings. The van der Waals surface area contributed by atoms with E-state index in [-0.39, 0.29) is 36.7 Å². The van der Waals surface area contributed by atoms with Crippen LogP contribution in [-0.4, -0.2) is 41.2 Å². The molecule has 7 heteroatoms. The summed E-state index contributed by atoms with van der Waals surface area (Å²) in [7, 11) is 0. The van der Waals surface area contributed by atoms with Crippen LogP contribution in [0.25, 0.3) is 10.8 Å². The molecule has 0 bridgehead atoms. The molecule has 1 aliphatic rings. The Morgan fingerprint density at radius 1 is 0.929 bits per heavy atom. The first-order valence-electron chi connectivity index (χ1n) is 14.6. The molecule has 1 heterocycles. The number of carbonyl (C=O) groups excluding carboxylic acids is 3. The molecule has 0 saturated carbocycles. The third kappa shape index (κ3) is 6.20. The van der Waals surface area contributed by atoms with Crippen molar-refractivity contribution >= 4 is 34.2 Å². The summed E-state index contributed by atoms with van der Waals surface area (Å²) in [5.41, 5.74) is 2.76. The molecule has 0 aliphatic carbocycles. The second-order valence-electron chi connectivity index (χ2n) is 10.9. The highest BCUT2D eigenvalue weighted by atomic mass is 19.1. The van der Waals surface area contributed by atoms with Crippen LogP contribution < -0.4 is 10.2 Å². The molecule has 2 atom stereocenters. The lowest BCUT2D eigenvalue weighted by Gasteiger charge is -2.32. The fraction of sp³-hybridized carbons (Fsp3) is 0.286. The first-order chi connectivity index (χ1) is 20.4. The normalized spacial score (nSPS) is 13.7. The van der Waals surface area contributed by atoms with Crippen LogP contribution in [0.15, 0.2) is 91.0 Å². The second-order valence-corrected chi connectivity index (χ2v) is 10.9. The minimum atomic E-state index is -0.833. The van der Waals surface area contributed by atoms with Gasteiger partial charge in [-0.15, -0.1) is 0 Å². The van der Waals surface area contributed by atoms with Crippen LogP contribution in [0, 0.1) is 5.82 Å². The second kappa shape index (κ2) is 13.0. The van der Waals surface area contributed by atoms with Crippen molar-refractivity contribution in [2.45, 2.75) is 58.2 Å². The Kier molecular flexibility index (Phi) is 8.96. The van der Waals surface area contributed by atoms with Gasteiger partial charge >= 0.3 is 0 Å². The molecular weight excluding hydrogens is 529 g/mol. The number of nitrogens with zero attached hydrogens (tertiary/aromatic N) is 2. The zero-order valence-electron chi connectivity index (χ0n) is 24.1. The predicted molar refractivity (Wildman–Crippen MR) is 164 cm³/mol. The standard InChI is InChI=1S/C35H36FN3O3/c1-3-24(2)37-34(41)31(22-25-12-5-4-6-13-25)39(23-27-14-7-8-18-29(27)36)32(40)20-11-21-38-30-19-10-16-26-15-9-17-28(33(26)30)35(38)42/h4-10,12-19,24,31H,3,11,20-23H2,1-2H3,(H,37,41). The van der Waals surface area contributed by atoms with Crippen LogP contribution in [0.2, 0.25) is 0 Å². The van der Waals surface area contributed by atoms with E-state index in [0.29, 0.717) is 30.5 Å². The Morgan fingerprint density at radius 3 is 2.38 bits per heavy atom. The van der Waals surface area contributed by atoms with Crippen molar-refractivity contribution in [3.05, 3.63) is 114 Å². The molecule has 0 spiro atoms. The summed E-state index contributed by atoms with van der Waals surface area (Å²) in [4.78, 5) is 44.0. The van der Waals surface area contributed by atoms with Gasteiger partial charge in [0.05, 0.1) is 5.69 Å². The van der Waals surface area contributed by atoms with Crippen molar-refractivity contribution in [1.29, 1.82) is 0 Å². The molecule has 4 aromatic carbocycles. The van der Waals surface area contributed by atoms with E-state index >= 15 is 0 Å². The fourth-order valence-electron chi connectivity index (χ4n) is 5.54. The van der Waals surface area contributed by atoms with Crippen molar-refractivity contribution in [3.63, 3.8) is 0 Å². The van der Waals surface area contributed by atoms with Crippen molar-refractivity contribution in [2.75, 3.05) is 11.4 Å². The molecular formula is C35H36FN3O3. The number of benzene rings is 4. The van der Waals surface area contributed by atoms with Gasteiger partial charge in [-0.3, -0.25) is 14.4 Å². The zero-order chi connectivity index (χ0) is 29.6. The van der Waals surface area contributed by atoms with Crippen molar-refractivity contribution in [2.24, 2.45) is 0 Å². The smallest absolute Gasteiger partial charge is 0.258 e. The van der Waals surface area contributed by atoms with Gasteiger partial charge < -0.3 is 15.1 Å². The monoisotopic (exact) mass is 565 g/mol. The quantitative estimate of drug-likeness (QED) is 0.220. The molecule has 4 aromatic rings. The van der Waals surface area contributed by atoms with E-state index < -0.39 is 11.9 Å². The van der Waals surface area contributed by atoms with Crippen LogP contribution >= 0.6 is 0 Å². The number of nitrogens with one attached hydrogen (secondary N) is 1. The fourth-order valence-corrected chi connectivity index (χ4v) is 5.54. The van der Waals surface area contributed by atoms with Crippen molar-refractivity contribution in [3.8, 4) is 0 Å². The minimum absolute atomic E-state index is 0.0374. The Labute approximate surface area is 246 Å². The maximum atomic E-state index is 14.8. The van der Waals surface area contributed by atoms with Gasteiger partial charge in [-0.2, -0.15) is 0 Å². The Bertz CT molecular complexity index is 1580. The molecule has 5 rings (SSSR count). The molecule has 2 unspecified atom stereocenters. The van der Waals surface area contributed by atoms with Crippen LogP contribution in [0.3, 0.4) is 0 Å². The van der Waals surface area contributed by atoms with Gasteiger partial charge in [-0.25, -0.2) is 4.39 Å². The summed E-state index contributed by atoms with van der Waals surface area (Å²) in [6.45, 7) is 4.22. The highest BCUT2D eigenvalue weighted by molar-refractivity contribution is 6.25. The molecule has 3 amide bonds. The van der Waals surface area contributed by atoms with Gasteiger partial charge in [0.15, 0.2) is 0 Å². The van der Waals surface area contributed by atoms with Gasteiger partial charge in [0.25, 0.3) is 5.91 Å². The van der Waals surface area contributed by atoms with E-state index in [1.54, 1.807) is 23.1 Å². The van der Waals surface area contributed by atoms with Gasteiger partial charge in [0.1, 0.15) is 11.9 Å². The average molecular weight is 566 g/mol. The van der Waals surface area contributed by atoms with E-state index in [2.05, 4.69) is 5.32 Å². The third-order valence-electron chi connectivity index (χ3n) is 7.99. The Hall–Kier alpha value is -4.52. The molecule has 0 saturated heterocycles. The summed E-state index contributed by atoms with van der Waals surface area (Å²) in [5.74, 6) is -1.03. The highest BCUT2D eigenvalue weighted by Crippen LogP contribution is 2.37. The summed E-state index contributed by atoms with van der Waals surface area (Å²) < 4.78 is 14.8. The maximum Gasteiger partial charge on any atom is 0.258 e. The predicted octanol–water partition coefficient (Wildman–Crippen LogP) is 6.27. The molecule has 216 valence electrons. The Balaban J connectivity index is 1.38. The maximum absolute atomic E-state index is 14.8. The van der Waals surface area contributed by atoms with Crippen LogP contribution in [0.5, 0.6) is 0 Å². The van der Waals surface area contributed by atoms with Gasteiger partial charge in [0.2, 0.25) is 11.8 Å².